The maximum absolute atomic E-state index is 13.1. The average Bonchev–Trinajstić information content (AvgIpc) is 2.83. The minimum atomic E-state index is -0.613. The molecule has 0 saturated heterocycles. The second-order valence-corrected chi connectivity index (χ2v) is 7.46. The molecule has 0 unspecified atom stereocenters. The van der Waals surface area contributed by atoms with Crippen LogP contribution in [0.3, 0.4) is 0 Å². The number of ether oxygens (including phenoxy) is 3. The molecule has 0 aromatic heterocycles. The SMILES string of the molecule is CCOc1cc(/C=C(\C#N)C(=O)Nc2cc(Cl)ccc2OC)ccc1OCc1ccc(F)cc1. The number of nitrogens with zero attached hydrogens (tertiary/aromatic N) is 1. The number of halogens is 2. The normalized spacial score (nSPS) is 10.9. The summed E-state index contributed by atoms with van der Waals surface area (Å²) in [5.41, 5.74) is 1.60. The quantitative estimate of drug-likeness (QED) is 0.299. The van der Waals surface area contributed by atoms with Gasteiger partial charge in [0.15, 0.2) is 11.5 Å². The summed E-state index contributed by atoms with van der Waals surface area (Å²) in [6.07, 6.45) is 1.44. The lowest BCUT2D eigenvalue weighted by molar-refractivity contribution is -0.112. The summed E-state index contributed by atoms with van der Waals surface area (Å²) in [5, 5.41) is 12.6. The van der Waals surface area contributed by atoms with Crippen LogP contribution >= 0.6 is 11.6 Å². The summed E-state index contributed by atoms with van der Waals surface area (Å²) in [7, 11) is 1.47. The Kier molecular flexibility index (Phi) is 8.49. The Labute approximate surface area is 202 Å². The van der Waals surface area contributed by atoms with E-state index >= 15 is 0 Å². The Hall–Kier alpha value is -4.02. The van der Waals surface area contributed by atoms with Crippen molar-refractivity contribution < 1.29 is 23.4 Å². The molecule has 0 aliphatic heterocycles. The van der Waals surface area contributed by atoms with E-state index in [1.54, 1.807) is 42.5 Å². The fourth-order valence-corrected chi connectivity index (χ4v) is 3.20. The van der Waals surface area contributed by atoms with Gasteiger partial charge >= 0.3 is 0 Å². The zero-order valence-corrected chi connectivity index (χ0v) is 19.4. The number of amides is 1. The van der Waals surface area contributed by atoms with Crippen molar-refractivity contribution >= 4 is 29.3 Å². The highest BCUT2D eigenvalue weighted by Gasteiger charge is 2.14. The Bertz CT molecular complexity index is 1240. The number of methoxy groups -OCH3 is 1. The van der Waals surface area contributed by atoms with Crippen LogP contribution in [0.4, 0.5) is 10.1 Å². The summed E-state index contributed by atoms with van der Waals surface area (Å²) in [4.78, 5) is 12.7. The highest BCUT2D eigenvalue weighted by Crippen LogP contribution is 2.31. The highest BCUT2D eigenvalue weighted by atomic mass is 35.5. The largest absolute Gasteiger partial charge is 0.495 e. The van der Waals surface area contributed by atoms with E-state index in [0.29, 0.717) is 40.1 Å². The number of nitrogens with one attached hydrogen (secondary N) is 1. The Morgan fingerprint density at radius 1 is 1.06 bits per heavy atom. The van der Waals surface area contributed by atoms with Crippen LogP contribution in [0.2, 0.25) is 5.02 Å². The molecule has 0 aliphatic rings. The van der Waals surface area contributed by atoms with Gasteiger partial charge in [0.2, 0.25) is 0 Å². The van der Waals surface area contributed by atoms with Crippen LogP contribution in [0.15, 0.2) is 66.2 Å². The molecule has 34 heavy (non-hydrogen) atoms. The van der Waals surface area contributed by atoms with Gasteiger partial charge in [0.05, 0.1) is 19.4 Å². The van der Waals surface area contributed by atoms with Crippen molar-refractivity contribution in [2.45, 2.75) is 13.5 Å². The van der Waals surface area contributed by atoms with Crippen molar-refractivity contribution in [2.24, 2.45) is 0 Å². The zero-order chi connectivity index (χ0) is 24.5. The van der Waals surface area contributed by atoms with Crippen molar-refractivity contribution in [3.63, 3.8) is 0 Å². The van der Waals surface area contributed by atoms with Gasteiger partial charge in [-0.1, -0.05) is 29.8 Å². The van der Waals surface area contributed by atoms with E-state index in [1.807, 2.05) is 13.0 Å². The first-order valence-electron chi connectivity index (χ1n) is 10.3. The fourth-order valence-electron chi connectivity index (χ4n) is 3.03. The number of hydrogen-bond acceptors (Lipinski definition) is 5. The molecule has 1 N–H and O–H groups in total. The van der Waals surface area contributed by atoms with Gasteiger partial charge in [-0.05, 0) is 66.6 Å². The molecular weight excluding hydrogens is 459 g/mol. The number of benzene rings is 3. The van der Waals surface area contributed by atoms with Crippen LogP contribution in [-0.2, 0) is 11.4 Å². The highest BCUT2D eigenvalue weighted by molar-refractivity contribution is 6.31. The number of hydrogen-bond donors (Lipinski definition) is 1. The van der Waals surface area contributed by atoms with Crippen LogP contribution in [0.1, 0.15) is 18.1 Å². The van der Waals surface area contributed by atoms with E-state index in [4.69, 9.17) is 25.8 Å². The molecule has 0 bridgehead atoms. The van der Waals surface area contributed by atoms with Crippen LogP contribution in [-0.4, -0.2) is 19.6 Å². The molecule has 0 aliphatic carbocycles. The molecule has 0 saturated carbocycles. The molecule has 0 fully saturated rings. The molecule has 0 heterocycles. The summed E-state index contributed by atoms with van der Waals surface area (Å²) >= 11 is 6.01. The first-order valence-corrected chi connectivity index (χ1v) is 10.7. The van der Waals surface area contributed by atoms with Crippen LogP contribution in [0, 0.1) is 17.1 Å². The van der Waals surface area contributed by atoms with Gasteiger partial charge in [0, 0.05) is 5.02 Å². The maximum atomic E-state index is 13.1. The summed E-state index contributed by atoms with van der Waals surface area (Å²) in [5.74, 6) is 0.414. The van der Waals surface area contributed by atoms with Crippen molar-refractivity contribution in [3.8, 4) is 23.3 Å². The minimum Gasteiger partial charge on any atom is -0.495 e. The van der Waals surface area contributed by atoms with E-state index in [-0.39, 0.29) is 18.0 Å². The number of carbonyl (C=O) groups is 1. The Balaban J connectivity index is 1.80. The molecule has 8 heteroatoms. The maximum Gasteiger partial charge on any atom is 0.266 e. The predicted molar refractivity (Wildman–Crippen MR) is 129 cm³/mol. The molecule has 3 aromatic rings. The standard InChI is InChI=1S/C26H22ClFN2O4/c1-3-33-25-13-18(6-10-24(25)34-16-17-4-8-21(28)9-5-17)12-19(15-29)26(31)30-22-14-20(27)7-11-23(22)32-2/h4-14H,3,16H2,1-2H3,(H,30,31)/b19-12+. The lowest BCUT2D eigenvalue weighted by atomic mass is 10.1. The van der Waals surface area contributed by atoms with E-state index in [0.717, 1.165) is 5.56 Å². The third-order valence-electron chi connectivity index (χ3n) is 4.66. The molecular formula is C26H22ClFN2O4. The van der Waals surface area contributed by atoms with Crippen molar-refractivity contribution in [2.75, 3.05) is 19.0 Å². The molecule has 3 aromatic carbocycles. The van der Waals surface area contributed by atoms with E-state index in [9.17, 15) is 14.4 Å². The van der Waals surface area contributed by atoms with Crippen LogP contribution in [0.5, 0.6) is 17.2 Å². The second kappa shape index (κ2) is 11.7. The number of anilines is 1. The average molecular weight is 481 g/mol. The van der Waals surface area contributed by atoms with E-state index in [2.05, 4.69) is 5.32 Å². The molecule has 174 valence electrons. The predicted octanol–water partition coefficient (Wildman–Crippen LogP) is 6.01. The Morgan fingerprint density at radius 2 is 1.79 bits per heavy atom. The molecule has 1 amide bonds. The monoisotopic (exact) mass is 480 g/mol. The minimum absolute atomic E-state index is 0.121. The van der Waals surface area contributed by atoms with E-state index < -0.39 is 5.91 Å². The zero-order valence-electron chi connectivity index (χ0n) is 18.6. The number of nitriles is 1. The molecule has 0 atom stereocenters. The fraction of sp³-hybridized carbons (Fsp3) is 0.154. The first kappa shape index (κ1) is 24.6. The van der Waals surface area contributed by atoms with Crippen LogP contribution < -0.4 is 19.5 Å². The third-order valence-corrected chi connectivity index (χ3v) is 4.90. The van der Waals surface area contributed by atoms with Gasteiger partial charge < -0.3 is 19.5 Å². The summed E-state index contributed by atoms with van der Waals surface area (Å²) in [6, 6.07) is 17.8. The van der Waals surface area contributed by atoms with Gasteiger partial charge in [-0.2, -0.15) is 5.26 Å². The molecule has 3 rings (SSSR count). The lowest BCUT2D eigenvalue weighted by Crippen LogP contribution is -2.14. The Morgan fingerprint density at radius 3 is 2.47 bits per heavy atom. The molecule has 0 spiro atoms. The van der Waals surface area contributed by atoms with Gasteiger partial charge in [0.1, 0.15) is 29.8 Å². The summed E-state index contributed by atoms with van der Waals surface area (Å²) < 4.78 is 29.8. The third kappa shape index (κ3) is 6.50. The van der Waals surface area contributed by atoms with Crippen molar-refractivity contribution in [1.29, 1.82) is 5.26 Å². The smallest absolute Gasteiger partial charge is 0.266 e. The van der Waals surface area contributed by atoms with Crippen molar-refractivity contribution in [3.05, 3.63) is 88.2 Å². The van der Waals surface area contributed by atoms with E-state index in [1.165, 1.54) is 31.4 Å². The van der Waals surface area contributed by atoms with Gasteiger partial charge in [0.25, 0.3) is 5.91 Å². The summed E-state index contributed by atoms with van der Waals surface area (Å²) in [6.45, 7) is 2.45. The topological polar surface area (TPSA) is 80.6 Å². The number of rotatable bonds is 9. The molecule has 6 nitrogen and oxygen atoms in total. The van der Waals surface area contributed by atoms with Gasteiger partial charge in [-0.25, -0.2) is 4.39 Å². The van der Waals surface area contributed by atoms with Gasteiger partial charge in [-0.15, -0.1) is 0 Å². The van der Waals surface area contributed by atoms with Crippen molar-refractivity contribution in [1.82, 2.24) is 0 Å². The lowest BCUT2D eigenvalue weighted by Gasteiger charge is -2.13. The second-order valence-electron chi connectivity index (χ2n) is 7.02. The van der Waals surface area contributed by atoms with Crippen LogP contribution in [0.25, 0.3) is 6.08 Å². The molecule has 0 radical (unpaired) electrons. The first-order chi connectivity index (χ1) is 16.4. The van der Waals surface area contributed by atoms with Gasteiger partial charge in [-0.3, -0.25) is 4.79 Å². The number of carbonyl (C=O) groups excluding carboxylic acids is 1.